The average Bonchev–Trinajstić information content (AvgIpc) is 2.14. The van der Waals surface area contributed by atoms with Crippen molar-refractivity contribution in [3.05, 3.63) is 34.3 Å². The Morgan fingerprint density at radius 2 is 2.31 bits per heavy atom. The molecule has 0 amide bonds. The number of halogens is 1. The quantitative estimate of drug-likeness (QED) is 0.883. The number of methoxy groups -OCH3 is 1. The number of aliphatic hydroxyl groups is 1. The monoisotopic (exact) mass is 244 g/mol. The molecule has 0 spiro atoms. The van der Waals surface area contributed by atoms with Crippen molar-refractivity contribution in [1.29, 1.82) is 0 Å². The lowest BCUT2D eigenvalue weighted by Gasteiger charge is -2.14. The zero-order chi connectivity index (χ0) is 9.68. The van der Waals surface area contributed by atoms with Gasteiger partial charge in [0.25, 0.3) is 0 Å². The molecule has 0 aromatic heterocycles. The maximum Gasteiger partial charge on any atom is 0.0843 e. The smallest absolute Gasteiger partial charge is 0.0843 e. The summed E-state index contributed by atoms with van der Waals surface area (Å²) in [6, 6.07) is 7.93. The normalized spacial score (nSPS) is 12.8. The van der Waals surface area contributed by atoms with Crippen molar-refractivity contribution < 1.29 is 9.84 Å². The zero-order valence-corrected chi connectivity index (χ0v) is 9.12. The number of rotatable bonds is 4. The standard InChI is InChI=1S/C10H13BrO2/c1-13-10(5-6-12)8-3-2-4-9(11)7-8/h2-4,7,10,12H,5-6H2,1H3. The van der Waals surface area contributed by atoms with Crippen LogP contribution >= 0.6 is 15.9 Å². The summed E-state index contributed by atoms with van der Waals surface area (Å²) in [7, 11) is 1.65. The van der Waals surface area contributed by atoms with E-state index in [-0.39, 0.29) is 12.7 Å². The van der Waals surface area contributed by atoms with Gasteiger partial charge < -0.3 is 9.84 Å². The van der Waals surface area contributed by atoms with Crippen LogP contribution in [-0.4, -0.2) is 18.8 Å². The topological polar surface area (TPSA) is 29.5 Å². The van der Waals surface area contributed by atoms with Gasteiger partial charge in [0.1, 0.15) is 0 Å². The molecule has 3 heteroatoms. The van der Waals surface area contributed by atoms with Gasteiger partial charge in [-0.15, -0.1) is 0 Å². The predicted octanol–water partition coefficient (Wildman–Crippen LogP) is 2.52. The van der Waals surface area contributed by atoms with Crippen molar-refractivity contribution in [2.45, 2.75) is 12.5 Å². The third-order valence-electron chi connectivity index (χ3n) is 1.90. The third kappa shape index (κ3) is 3.10. The minimum absolute atomic E-state index is 0.0116. The van der Waals surface area contributed by atoms with Crippen LogP contribution in [0.25, 0.3) is 0 Å². The second-order valence-corrected chi connectivity index (χ2v) is 3.71. The van der Waals surface area contributed by atoms with E-state index in [9.17, 15) is 0 Å². The van der Waals surface area contributed by atoms with Crippen LogP contribution < -0.4 is 0 Å². The number of hydrogen-bond donors (Lipinski definition) is 1. The van der Waals surface area contributed by atoms with Crippen molar-refractivity contribution in [2.75, 3.05) is 13.7 Å². The van der Waals surface area contributed by atoms with Crippen LogP contribution in [0.15, 0.2) is 28.7 Å². The lowest BCUT2D eigenvalue weighted by molar-refractivity contribution is 0.0775. The molecule has 0 heterocycles. The lowest BCUT2D eigenvalue weighted by atomic mass is 10.1. The largest absolute Gasteiger partial charge is 0.396 e. The summed E-state index contributed by atoms with van der Waals surface area (Å²) in [5, 5.41) is 8.81. The molecule has 0 saturated carbocycles. The summed E-state index contributed by atoms with van der Waals surface area (Å²) in [5.74, 6) is 0. The van der Waals surface area contributed by atoms with Crippen LogP contribution in [-0.2, 0) is 4.74 Å². The SMILES string of the molecule is COC(CCO)c1cccc(Br)c1. The molecule has 0 saturated heterocycles. The van der Waals surface area contributed by atoms with E-state index in [1.54, 1.807) is 7.11 Å². The summed E-state index contributed by atoms with van der Waals surface area (Å²) < 4.78 is 6.28. The minimum atomic E-state index is -0.0116. The first-order chi connectivity index (χ1) is 6.27. The lowest BCUT2D eigenvalue weighted by Crippen LogP contribution is -2.03. The van der Waals surface area contributed by atoms with Gasteiger partial charge in [-0.25, -0.2) is 0 Å². The molecule has 1 rings (SSSR count). The van der Waals surface area contributed by atoms with Gasteiger partial charge in [0.15, 0.2) is 0 Å². The fourth-order valence-electron chi connectivity index (χ4n) is 1.24. The molecule has 0 aliphatic heterocycles. The highest BCUT2D eigenvalue weighted by atomic mass is 79.9. The van der Waals surface area contributed by atoms with Crippen molar-refractivity contribution in [2.24, 2.45) is 0 Å². The first-order valence-electron chi connectivity index (χ1n) is 4.17. The number of ether oxygens (including phenoxy) is 1. The molecule has 1 aromatic rings. The van der Waals surface area contributed by atoms with E-state index >= 15 is 0 Å². The van der Waals surface area contributed by atoms with Crippen LogP contribution in [0, 0.1) is 0 Å². The van der Waals surface area contributed by atoms with Gasteiger partial charge in [-0.1, -0.05) is 28.1 Å². The molecular formula is C10H13BrO2. The van der Waals surface area contributed by atoms with Crippen LogP contribution in [0.4, 0.5) is 0 Å². The number of benzene rings is 1. The Kier molecular flexibility index (Phi) is 4.42. The Morgan fingerprint density at radius 1 is 1.54 bits per heavy atom. The highest BCUT2D eigenvalue weighted by molar-refractivity contribution is 9.10. The molecule has 1 atom stereocenters. The van der Waals surface area contributed by atoms with Gasteiger partial charge in [0.2, 0.25) is 0 Å². The third-order valence-corrected chi connectivity index (χ3v) is 2.39. The molecular weight excluding hydrogens is 232 g/mol. The summed E-state index contributed by atoms with van der Waals surface area (Å²) in [6.45, 7) is 0.144. The summed E-state index contributed by atoms with van der Waals surface area (Å²) in [5.41, 5.74) is 1.09. The van der Waals surface area contributed by atoms with Crippen LogP contribution in [0.5, 0.6) is 0 Å². The van der Waals surface area contributed by atoms with E-state index in [0.29, 0.717) is 6.42 Å². The van der Waals surface area contributed by atoms with Gasteiger partial charge in [0.05, 0.1) is 6.10 Å². The maximum absolute atomic E-state index is 8.81. The fraction of sp³-hybridized carbons (Fsp3) is 0.400. The van der Waals surface area contributed by atoms with Crippen LogP contribution in [0.3, 0.4) is 0 Å². The Balaban J connectivity index is 2.78. The van der Waals surface area contributed by atoms with Crippen LogP contribution in [0.1, 0.15) is 18.1 Å². The van der Waals surface area contributed by atoms with E-state index in [0.717, 1.165) is 10.0 Å². The molecule has 0 fully saturated rings. The molecule has 0 aliphatic carbocycles. The molecule has 0 bridgehead atoms. The number of aliphatic hydroxyl groups excluding tert-OH is 1. The van der Waals surface area contributed by atoms with Crippen LogP contribution in [0.2, 0.25) is 0 Å². The Hall–Kier alpha value is -0.380. The molecule has 1 N–H and O–H groups in total. The highest BCUT2D eigenvalue weighted by Crippen LogP contribution is 2.22. The average molecular weight is 245 g/mol. The van der Waals surface area contributed by atoms with E-state index in [1.165, 1.54) is 0 Å². The van der Waals surface area contributed by atoms with Gasteiger partial charge in [0, 0.05) is 24.6 Å². The number of hydrogen-bond acceptors (Lipinski definition) is 2. The molecule has 13 heavy (non-hydrogen) atoms. The molecule has 1 aromatic carbocycles. The summed E-state index contributed by atoms with van der Waals surface area (Å²) >= 11 is 3.39. The first-order valence-corrected chi connectivity index (χ1v) is 4.96. The predicted molar refractivity (Wildman–Crippen MR) is 55.6 cm³/mol. The van der Waals surface area contributed by atoms with E-state index in [4.69, 9.17) is 9.84 Å². The molecule has 72 valence electrons. The summed E-state index contributed by atoms with van der Waals surface area (Å²) in [6.07, 6.45) is 0.620. The van der Waals surface area contributed by atoms with Gasteiger partial charge in [-0.2, -0.15) is 0 Å². The first kappa shape index (κ1) is 10.7. The molecule has 0 radical (unpaired) electrons. The highest BCUT2D eigenvalue weighted by Gasteiger charge is 2.09. The minimum Gasteiger partial charge on any atom is -0.396 e. The van der Waals surface area contributed by atoms with E-state index in [1.807, 2.05) is 24.3 Å². The van der Waals surface area contributed by atoms with Gasteiger partial charge >= 0.3 is 0 Å². The molecule has 2 nitrogen and oxygen atoms in total. The van der Waals surface area contributed by atoms with E-state index < -0.39 is 0 Å². The van der Waals surface area contributed by atoms with Crippen molar-refractivity contribution in [3.8, 4) is 0 Å². The fourth-order valence-corrected chi connectivity index (χ4v) is 1.66. The maximum atomic E-state index is 8.81. The molecule has 1 unspecified atom stereocenters. The summed E-state index contributed by atoms with van der Waals surface area (Å²) in [4.78, 5) is 0. The second-order valence-electron chi connectivity index (χ2n) is 2.79. The van der Waals surface area contributed by atoms with E-state index in [2.05, 4.69) is 15.9 Å². The Labute approximate surface area is 86.7 Å². The van der Waals surface area contributed by atoms with Gasteiger partial charge in [-0.05, 0) is 17.7 Å². The second kappa shape index (κ2) is 5.37. The van der Waals surface area contributed by atoms with Crippen molar-refractivity contribution >= 4 is 15.9 Å². The molecule has 0 aliphatic rings. The Bertz CT molecular complexity index is 263. The van der Waals surface area contributed by atoms with Crippen molar-refractivity contribution in [3.63, 3.8) is 0 Å². The van der Waals surface area contributed by atoms with Crippen molar-refractivity contribution in [1.82, 2.24) is 0 Å². The Morgan fingerprint density at radius 3 is 2.85 bits per heavy atom. The zero-order valence-electron chi connectivity index (χ0n) is 7.53. The van der Waals surface area contributed by atoms with Gasteiger partial charge in [-0.3, -0.25) is 0 Å².